The Morgan fingerprint density at radius 2 is 2.21 bits per heavy atom. The van der Waals surface area contributed by atoms with Crippen LogP contribution in [0.1, 0.15) is 10.7 Å². The van der Waals surface area contributed by atoms with Gasteiger partial charge < -0.3 is 9.88 Å². The van der Waals surface area contributed by atoms with E-state index < -0.39 is 0 Å². The predicted molar refractivity (Wildman–Crippen MR) is 93.9 cm³/mol. The van der Waals surface area contributed by atoms with E-state index >= 15 is 0 Å². The largest absolute Gasteiger partial charge is 0.325 e. The number of hydrogen-bond acceptors (Lipinski definition) is 5. The summed E-state index contributed by atoms with van der Waals surface area (Å²) in [5, 5.41) is 13.7. The molecule has 24 heavy (non-hydrogen) atoms. The van der Waals surface area contributed by atoms with E-state index in [4.69, 9.17) is 0 Å². The molecular formula is C16H15FN4OS2. The summed E-state index contributed by atoms with van der Waals surface area (Å²) in [7, 11) is 1.88. The lowest BCUT2D eigenvalue weighted by Crippen LogP contribution is -2.14. The van der Waals surface area contributed by atoms with Crippen molar-refractivity contribution in [2.24, 2.45) is 7.05 Å². The number of aromatic nitrogens is 3. The summed E-state index contributed by atoms with van der Waals surface area (Å²) in [5.41, 5.74) is 0.442. The molecule has 3 aromatic rings. The topological polar surface area (TPSA) is 59.8 Å². The summed E-state index contributed by atoms with van der Waals surface area (Å²) in [6.07, 6.45) is 0.719. The van der Waals surface area contributed by atoms with Crippen LogP contribution in [0.5, 0.6) is 0 Å². The highest BCUT2D eigenvalue weighted by molar-refractivity contribution is 7.99. The summed E-state index contributed by atoms with van der Waals surface area (Å²) in [6, 6.07) is 9.87. The van der Waals surface area contributed by atoms with Crippen molar-refractivity contribution < 1.29 is 9.18 Å². The fourth-order valence-electron chi connectivity index (χ4n) is 2.09. The van der Waals surface area contributed by atoms with Gasteiger partial charge in [-0.1, -0.05) is 23.9 Å². The molecule has 0 saturated carbocycles. The molecule has 2 aromatic heterocycles. The average Bonchev–Trinajstić information content (AvgIpc) is 3.17. The number of thioether (sulfide) groups is 1. The Morgan fingerprint density at radius 3 is 2.96 bits per heavy atom. The van der Waals surface area contributed by atoms with Gasteiger partial charge in [0, 0.05) is 24.0 Å². The van der Waals surface area contributed by atoms with Gasteiger partial charge >= 0.3 is 0 Å². The van der Waals surface area contributed by atoms with Gasteiger partial charge in [0.1, 0.15) is 11.6 Å². The molecule has 0 aliphatic heterocycles. The number of carbonyl (C=O) groups is 1. The first-order valence-corrected chi connectivity index (χ1v) is 9.07. The summed E-state index contributed by atoms with van der Waals surface area (Å²) in [5.74, 6) is 0.437. The number of nitrogens with one attached hydrogen (secondary N) is 1. The zero-order valence-electron chi connectivity index (χ0n) is 12.9. The van der Waals surface area contributed by atoms with E-state index in [1.165, 1.54) is 28.8 Å². The molecule has 124 valence electrons. The average molecular weight is 362 g/mol. The molecule has 0 bridgehead atoms. The van der Waals surface area contributed by atoms with Gasteiger partial charge in [-0.05, 0) is 29.6 Å². The van der Waals surface area contributed by atoms with Crippen LogP contribution in [0.2, 0.25) is 0 Å². The van der Waals surface area contributed by atoms with Crippen molar-refractivity contribution in [3.8, 4) is 0 Å². The lowest BCUT2D eigenvalue weighted by molar-refractivity contribution is -0.113. The third-order valence-corrected chi connectivity index (χ3v) is 5.17. The van der Waals surface area contributed by atoms with Crippen molar-refractivity contribution in [1.82, 2.24) is 14.8 Å². The summed E-state index contributed by atoms with van der Waals surface area (Å²) in [6.45, 7) is 0. The van der Waals surface area contributed by atoms with E-state index in [1.807, 2.05) is 23.1 Å². The number of nitrogens with zero attached hydrogens (tertiary/aromatic N) is 3. The molecule has 1 N–H and O–H groups in total. The molecule has 1 aromatic carbocycles. The second kappa shape index (κ2) is 7.59. The van der Waals surface area contributed by atoms with Gasteiger partial charge in [-0.15, -0.1) is 21.5 Å². The van der Waals surface area contributed by atoms with Crippen LogP contribution in [0.25, 0.3) is 0 Å². The van der Waals surface area contributed by atoms with Crippen LogP contribution in [-0.4, -0.2) is 26.4 Å². The predicted octanol–water partition coefficient (Wildman–Crippen LogP) is 3.34. The Kier molecular flexibility index (Phi) is 5.27. The first kappa shape index (κ1) is 16.7. The van der Waals surface area contributed by atoms with E-state index in [9.17, 15) is 9.18 Å². The van der Waals surface area contributed by atoms with Crippen molar-refractivity contribution in [2.45, 2.75) is 11.6 Å². The molecule has 0 unspecified atom stereocenters. The number of halogens is 1. The lowest BCUT2D eigenvalue weighted by Gasteiger charge is -2.05. The summed E-state index contributed by atoms with van der Waals surface area (Å²) >= 11 is 2.97. The molecule has 0 aliphatic rings. The van der Waals surface area contributed by atoms with Crippen LogP contribution in [-0.2, 0) is 18.3 Å². The molecule has 0 saturated heterocycles. The summed E-state index contributed by atoms with van der Waals surface area (Å²) < 4.78 is 15.0. The van der Waals surface area contributed by atoms with E-state index in [0.717, 1.165) is 12.2 Å². The highest BCUT2D eigenvalue weighted by Gasteiger charge is 2.12. The van der Waals surface area contributed by atoms with Crippen molar-refractivity contribution in [3.63, 3.8) is 0 Å². The number of amides is 1. The van der Waals surface area contributed by atoms with Crippen LogP contribution in [0.15, 0.2) is 46.9 Å². The van der Waals surface area contributed by atoms with Gasteiger partial charge in [0.25, 0.3) is 0 Å². The highest BCUT2D eigenvalue weighted by atomic mass is 32.2. The van der Waals surface area contributed by atoms with E-state index in [-0.39, 0.29) is 17.5 Å². The lowest BCUT2D eigenvalue weighted by atomic mass is 10.3. The molecule has 3 rings (SSSR count). The third-order valence-electron chi connectivity index (χ3n) is 3.28. The zero-order chi connectivity index (χ0) is 16.9. The minimum Gasteiger partial charge on any atom is -0.325 e. The maximum Gasteiger partial charge on any atom is 0.234 e. The molecule has 0 fully saturated rings. The van der Waals surface area contributed by atoms with Gasteiger partial charge in [0.15, 0.2) is 5.16 Å². The van der Waals surface area contributed by atoms with Crippen molar-refractivity contribution in [3.05, 3.63) is 58.3 Å². The molecule has 0 aliphatic carbocycles. The van der Waals surface area contributed by atoms with Crippen molar-refractivity contribution >= 4 is 34.7 Å². The van der Waals surface area contributed by atoms with Crippen molar-refractivity contribution in [2.75, 3.05) is 11.1 Å². The molecular weight excluding hydrogens is 347 g/mol. The minimum absolute atomic E-state index is 0.182. The first-order valence-electron chi connectivity index (χ1n) is 7.20. The fourth-order valence-corrected chi connectivity index (χ4v) is 3.52. The van der Waals surface area contributed by atoms with Crippen LogP contribution < -0.4 is 5.32 Å². The Bertz CT molecular complexity index is 832. The molecule has 5 nitrogen and oxygen atoms in total. The second-order valence-electron chi connectivity index (χ2n) is 5.06. The molecule has 0 radical (unpaired) electrons. The second-order valence-corrected chi connectivity index (χ2v) is 7.04. The molecule has 0 spiro atoms. The Labute approximate surface area is 146 Å². The van der Waals surface area contributed by atoms with Crippen molar-refractivity contribution in [1.29, 1.82) is 0 Å². The van der Waals surface area contributed by atoms with E-state index in [1.54, 1.807) is 23.5 Å². The molecule has 0 atom stereocenters. The number of rotatable bonds is 6. The van der Waals surface area contributed by atoms with Gasteiger partial charge in [-0.25, -0.2) is 4.39 Å². The summed E-state index contributed by atoms with van der Waals surface area (Å²) in [4.78, 5) is 13.2. The Balaban J connectivity index is 1.56. The third kappa shape index (κ3) is 4.21. The molecule has 1 amide bonds. The van der Waals surface area contributed by atoms with Crippen LogP contribution in [0.4, 0.5) is 10.1 Å². The molecule has 8 heteroatoms. The van der Waals surface area contributed by atoms with Gasteiger partial charge in [-0.2, -0.15) is 0 Å². The minimum atomic E-state index is -0.382. The number of thiophene rings is 1. The highest BCUT2D eigenvalue weighted by Crippen LogP contribution is 2.19. The number of carbonyl (C=O) groups excluding carboxylic acids is 1. The molecule has 2 heterocycles. The van der Waals surface area contributed by atoms with Gasteiger partial charge in [0.05, 0.1) is 5.75 Å². The smallest absolute Gasteiger partial charge is 0.234 e. The zero-order valence-corrected chi connectivity index (χ0v) is 14.5. The van der Waals surface area contributed by atoms with Crippen LogP contribution in [0.3, 0.4) is 0 Å². The number of hydrogen-bond donors (Lipinski definition) is 1. The number of anilines is 1. The first-order chi connectivity index (χ1) is 11.6. The Hall–Kier alpha value is -2.19. The van der Waals surface area contributed by atoms with E-state index in [0.29, 0.717) is 10.8 Å². The maximum atomic E-state index is 13.1. The van der Waals surface area contributed by atoms with Crippen LogP contribution >= 0.6 is 23.1 Å². The SMILES string of the molecule is Cn1c(Cc2cccs2)nnc1SCC(=O)Nc1cccc(F)c1. The van der Waals surface area contributed by atoms with E-state index in [2.05, 4.69) is 21.6 Å². The monoisotopic (exact) mass is 362 g/mol. The fraction of sp³-hybridized carbons (Fsp3) is 0.188. The normalized spacial score (nSPS) is 10.8. The quantitative estimate of drug-likeness (QED) is 0.683. The Morgan fingerprint density at radius 1 is 1.33 bits per heavy atom. The van der Waals surface area contributed by atoms with Gasteiger partial charge in [0.2, 0.25) is 5.91 Å². The van der Waals surface area contributed by atoms with Crippen LogP contribution in [0, 0.1) is 5.82 Å². The standard InChI is InChI=1S/C16H15FN4OS2/c1-21-14(9-13-6-3-7-23-13)19-20-16(21)24-10-15(22)18-12-5-2-4-11(17)8-12/h2-8H,9-10H2,1H3,(H,18,22). The maximum absolute atomic E-state index is 13.1. The van der Waals surface area contributed by atoms with Gasteiger partial charge in [-0.3, -0.25) is 4.79 Å². The number of benzene rings is 1.